The van der Waals surface area contributed by atoms with Crippen LogP contribution < -0.4 is 4.72 Å². The Morgan fingerprint density at radius 1 is 1.12 bits per heavy atom. The highest BCUT2D eigenvalue weighted by molar-refractivity contribution is 8.16. The maximum absolute atomic E-state index is 12.5. The number of halogens is 1. The van der Waals surface area contributed by atoms with E-state index in [9.17, 15) is 8.42 Å². The first-order valence-electron chi connectivity index (χ1n) is 7.61. The third-order valence-electron chi connectivity index (χ3n) is 3.93. The molecule has 0 amide bonds. The van der Waals surface area contributed by atoms with E-state index in [1.807, 2.05) is 12.1 Å². The molecule has 0 saturated heterocycles. The molecule has 0 atom stereocenters. The summed E-state index contributed by atoms with van der Waals surface area (Å²) >= 11 is 7.61. The van der Waals surface area contributed by atoms with Gasteiger partial charge in [0.25, 0.3) is 10.0 Å². The summed E-state index contributed by atoms with van der Waals surface area (Å²) in [6.45, 7) is 1.70. The van der Waals surface area contributed by atoms with Crippen molar-refractivity contribution in [1.29, 1.82) is 0 Å². The molecule has 0 spiro atoms. The second kappa shape index (κ2) is 6.40. The standard InChI is InChI=1S/C17H14ClN3O2S2/c18-14-3-1-2-4-16(14)25(22,23)20-13-7-5-12(6-8-13)15-11-24-17-19-9-10-21(15)17/h1-8,11,20H,9-10H2. The molecule has 0 aliphatic carbocycles. The number of anilines is 1. The summed E-state index contributed by atoms with van der Waals surface area (Å²) in [5, 5.41) is 3.29. The topological polar surface area (TPSA) is 61.8 Å². The fourth-order valence-electron chi connectivity index (χ4n) is 2.73. The van der Waals surface area contributed by atoms with Crippen molar-refractivity contribution in [2.75, 3.05) is 17.8 Å². The van der Waals surface area contributed by atoms with Gasteiger partial charge in [-0.3, -0.25) is 9.71 Å². The lowest BCUT2D eigenvalue weighted by molar-refractivity contribution is 0.601. The second-order valence-corrected chi connectivity index (χ2v) is 8.44. The summed E-state index contributed by atoms with van der Waals surface area (Å²) in [5.41, 5.74) is 2.62. The summed E-state index contributed by atoms with van der Waals surface area (Å²) in [5.74, 6) is 0. The third-order valence-corrected chi connectivity index (χ3v) is 6.71. The molecule has 0 unspecified atom stereocenters. The Balaban J connectivity index is 1.55. The van der Waals surface area contributed by atoms with Crippen LogP contribution in [0.15, 0.2) is 63.8 Å². The highest BCUT2D eigenvalue weighted by Gasteiger charge is 2.27. The van der Waals surface area contributed by atoms with Crippen LogP contribution in [0.25, 0.3) is 5.70 Å². The molecule has 128 valence electrons. The van der Waals surface area contributed by atoms with Crippen molar-refractivity contribution in [3.8, 4) is 0 Å². The Labute approximate surface area is 155 Å². The Kier molecular flexibility index (Phi) is 4.23. The van der Waals surface area contributed by atoms with Crippen molar-refractivity contribution in [2.24, 2.45) is 4.99 Å². The molecular weight excluding hydrogens is 378 g/mol. The van der Waals surface area contributed by atoms with Gasteiger partial charge in [0.05, 0.1) is 17.3 Å². The van der Waals surface area contributed by atoms with Crippen LogP contribution >= 0.6 is 23.4 Å². The van der Waals surface area contributed by atoms with Crippen LogP contribution in [0.4, 0.5) is 5.69 Å². The average Bonchev–Trinajstić information content (AvgIpc) is 3.19. The molecular formula is C17H14ClN3O2S2. The molecule has 0 bridgehead atoms. The number of hydrogen-bond donors (Lipinski definition) is 1. The maximum Gasteiger partial charge on any atom is 0.263 e. The van der Waals surface area contributed by atoms with Crippen molar-refractivity contribution in [3.63, 3.8) is 0 Å². The fourth-order valence-corrected chi connectivity index (χ4v) is 5.27. The lowest BCUT2D eigenvalue weighted by Gasteiger charge is -2.17. The summed E-state index contributed by atoms with van der Waals surface area (Å²) in [4.78, 5) is 6.67. The Morgan fingerprint density at radius 3 is 2.64 bits per heavy atom. The van der Waals surface area contributed by atoms with E-state index in [4.69, 9.17) is 11.6 Å². The number of fused-ring (bicyclic) bond motifs is 1. The number of rotatable bonds is 4. The molecule has 0 radical (unpaired) electrons. The van der Waals surface area contributed by atoms with Crippen molar-refractivity contribution >= 4 is 49.9 Å². The van der Waals surface area contributed by atoms with E-state index in [1.165, 1.54) is 6.07 Å². The van der Waals surface area contributed by atoms with Gasteiger partial charge in [0, 0.05) is 17.6 Å². The maximum atomic E-state index is 12.5. The highest BCUT2D eigenvalue weighted by atomic mass is 35.5. The van der Waals surface area contributed by atoms with Gasteiger partial charge in [-0.15, -0.1) is 0 Å². The lowest BCUT2D eigenvalue weighted by atomic mass is 10.1. The fraction of sp³-hybridized carbons (Fsp3) is 0.118. The Hall–Kier alpha value is -1.96. The van der Waals surface area contributed by atoms with Crippen LogP contribution in [-0.2, 0) is 10.0 Å². The molecule has 2 aromatic rings. The summed E-state index contributed by atoms with van der Waals surface area (Å²) in [6.07, 6.45) is 0. The number of hydrogen-bond acceptors (Lipinski definition) is 5. The number of aliphatic imine (C=N–C) groups is 1. The van der Waals surface area contributed by atoms with E-state index in [-0.39, 0.29) is 9.92 Å². The van der Waals surface area contributed by atoms with Gasteiger partial charge >= 0.3 is 0 Å². The minimum absolute atomic E-state index is 0.0635. The Bertz CT molecular complexity index is 985. The molecule has 8 heteroatoms. The van der Waals surface area contributed by atoms with Gasteiger partial charge < -0.3 is 4.90 Å². The molecule has 5 nitrogen and oxygen atoms in total. The molecule has 4 rings (SSSR count). The summed E-state index contributed by atoms with van der Waals surface area (Å²) < 4.78 is 27.5. The van der Waals surface area contributed by atoms with Crippen molar-refractivity contribution in [2.45, 2.75) is 4.90 Å². The van der Waals surface area contributed by atoms with Crippen molar-refractivity contribution in [1.82, 2.24) is 4.90 Å². The lowest BCUT2D eigenvalue weighted by Crippen LogP contribution is -2.19. The number of sulfonamides is 1. The predicted molar refractivity (Wildman–Crippen MR) is 103 cm³/mol. The zero-order valence-corrected chi connectivity index (χ0v) is 15.4. The average molecular weight is 392 g/mol. The highest BCUT2D eigenvalue weighted by Crippen LogP contribution is 2.35. The quantitative estimate of drug-likeness (QED) is 0.859. The number of nitrogens with zero attached hydrogens (tertiary/aromatic N) is 2. The SMILES string of the molecule is O=S(=O)(Nc1ccc(C2=CSC3=NCCN23)cc1)c1ccccc1Cl. The first-order valence-corrected chi connectivity index (χ1v) is 10.4. The molecule has 25 heavy (non-hydrogen) atoms. The van der Waals surface area contributed by atoms with Gasteiger partial charge in [-0.25, -0.2) is 8.42 Å². The van der Waals surface area contributed by atoms with E-state index in [0.717, 1.165) is 29.5 Å². The molecule has 2 aromatic carbocycles. The van der Waals surface area contributed by atoms with Gasteiger partial charge in [-0.05, 0) is 29.8 Å². The molecule has 0 aromatic heterocycles. The van der Waals surface area contributed by atoms with Gasteiger partial charge in [0.1, 0.15) is 4.90 Å². The molecule has 2 aliphatic rings. The smallest absolute Gasteiger partial charge is 0.263 e. The molecule has 2 aliphatic heterocycles. The number of amidine groups is 1. The van der Waals surface area contributed by atoms with Gasteiger partial charge in [-0.1, -0.05) is 47.6 Å². The summed E-state index contributed by atoms with van der Waals surface area (Å²) in [6, 6.07) is 13.7. The number of nitrogens with one attached hydrogen (secondary N) is 1. The number of benzene rings is 2. The van der Waals surface area contributed by atoms with Crippen molar-refractivity contribution < 1.29 is 8.42 Å². The van der Waals surface area contributed by atoms with Gasteiger partial charge in [0.15, 0.2) is 5.17 Å². The van der Waals surface area contributed by atoms with Gasteiger partial charge in [0.2, 0.25) is 0 Å². The Morgan fingerprint density at radius 2 is 1.88 bits per heavy atom. The number of thioether (sulfide) groups is 1. The minimum atomic E-state index is -3.72. The van der Waals surface area contributed by atoms with E-state index < -0.39 is 10.0 Å². The molecule has 0 saturated carbocycles. The monoisotopic (exact) mass is 391 g/mol. The summed E-state index contributed by atoms with van der Waals surface area (Å²) in [7, 11) is -3.72. The van der Waals surface area contributed by atoms with E-state index >= 15 is 0 Å². The predicted octanol–water partition coefficient (Wildman–Crippen LogP) is 3.86. The molecule has 2 heterocycles. The first kappa shape index (κ1) is 16.5. The minimum Gasteiger partial charge on any atom is -0.318 e. The van der Waals surface area contributed by atoms with E-state index in [1.54, 1.807) is 42.1 Å². The molecule has 1 N–H and O–H groups in total. The second-order valence-electron chi connectivity index (χ2n) is 5.55. The largest absolute Gasteiger partial charge is 0.318 e. The van der Waals surface area contributed by atoms with Gasteiger partial charge in [-0.2, -0.15) is 0 Å². The van der Waals surface area contributed by atoms with E-state index in [2.05, 4.69) is 20.0 Å². The van der Waals surface area contributed by atoms with Crippen LogP contribution in [0.5, 0.6) is 0 Å². The van der Waals surface area contributed by atoms with Crippen LogP contribution in [0, 0.1) is 0 Å². The first-order chi connectivity index (χ1) is 12.0. The van der Waals surface area contributed by atoms with Crippen molar-refractivity contribution in [3.05, 3.63) is 64.5 Å². The van der Waals surface area contributed by atoms with Crippen LogP contribution in [0.1, 0.15) is 5.56 Å². The van der Waals surface area contributed by atoms with E-state index in [0.29, 0.717) is 5.69 Å². The third kappa shape index (κ3) is 3.15. The van der Waals surface area contributed by atoms with Crippen LogP contribution in [0.2, 0.25) is 5.02 Å². The van der Waals surface area contributed by atoms with Crippen LogP contribution in [0.3, 0.4) is 0 Å². The molecule has 0 fully saturated rings. The zero-order chi connectivity index (χ0) is 17.4. The van der Waals surface area contributed by atoms with Crippen LogP contribution in [-0.4, -0.2) is 31.6 Å². The zero-order valence-electron chi connectivity index (χ0n) is 13.0. The normalized spacial score (nSPS) is 16.4.